The molecule has 0 bridgehead atoms. The highest BCUT2D eigenvalue weighted by atomic mass is 79.9. The van der Waals surface area contributed by atoms with Crippen LogP contribution in [0.5, 0.6) is 0 Å². The smallest absolute Gasteiger partial charge is 0.317 e. The van der Waals surface area contributed by atoms with Crippen LogP contribution in [-0.4, -0.2) is 19.1 Å². The van der Waals surface area contributed by atoms with Gasteiger partial charge in [-0.3, -0.25) is 0 Å². The maximum Gasteiger partial charge on any atom is 0.317 e. The van der Waals surface area contributed by atoms with Crippen LogP contribution < -0.4 is 0 Å². The Bertz CT molecular complexity index is 221. The molecule has 2 nitrogen and oxygen atoms in total. The van der Waals surface area contributed by atoms with Crippen LogP contribution in [0.3, 0.4) is 0 Å². The Morgan fingerprint density at radius 2 is 2.07 bits per heavy atom. The standard InChI is InChI=1S/C11H21BrO2Si/c1-5-6-7-10(12)8-9-11(13)14-15(2,3)4/h8-10H,5-7H2,1-4H3/b9-8+. The van der Waals surface area contributed by atoms with Gasteiger partial charge in [0.25, 0.3) is 0 Å². The third-order valence-electron chi connectivity index (χ3n) is 1.68. The van der Waals surface area contributed by atoms with Gasteiger partial charge in [-0.15, -0.1) is 0 Å². The summed E-state index contributed by atoms with van der Waals surface area (Å²) in [5.74, 6) is -0.213. The fraction of sp³-hybridized carbons (Fsp3) is 0.727. The Morgan fingerprint density at radius 1 is 1.47 bits per heavy atom. The van der Waals surface area contributed by atoms with Gasteiger partial charge in [-0.1, -0.05) is 41.8 Å². The molecule has 0 aromatic carbocycles. The van der Waals surface area contributed by atoms with Crippen LogP contribution in [0.25, 0.3) is 0 Å². The molecule has 0 spiro atoms. The van der Waals surface area contributed by atoms with Gasteiger partial charge in [0, 0.05) is 10.9 Å². The number of unbranched alkanes of at least 4 members (excludes halogenated alkanes) is 1. The average Bonchev–Trinajstić information content (AvgIpc) is 2.08. The van der Waals surface area contributed by atoms with Crippen molar-refractivity contribution in [1.82, 2.24) is 0 Å². The number of rotatable bonds is 6. The lowest BCUT2D eigenvalue weighted by Crippen LogP contribution is -2.28. The van der Waals surface area contributed by atoms with Crippen molar-refractivity contribution in [2.75, 3.05) is 0 Å². The molecule has 0 N–H and O–H groups in total. The molecule has 0 amide bonds. The number of alkyl halides is 1. The van der Waals surface area contributed by atoms with Gasteiger partial charge in [-0.2, -0.15) is 0 Å². The number of hydrogen-bond acceptors (Lipinski definition) is 2. The van der Waals surface area contributed by atoms with Gasteiger partial charge < -0.3 is 4.43 Å². The normalized spacial score (nSPS) is 14.2. The van der Waals surface area contributed by atoms with Gasteiger partial charge in [0.2, 0.25) is 8.32 Å². The van der Waals surface area contributed by atoms with E-state index in [-0.39, 0.29) is 10.8 Å². The second-order valence-corrected chi connectivity index (χ2v) is 10.2. The molecule has 0 aromatic heterocycles. The van der Waals surface area contributed by atoms with E-state index in [0.29, 0.717) is 0 Å². The molecule has 15 heavy (non-hydrogen) atoms. The van der Waals surface area contributed by atoms with Gasteiger partial charge >= 0.3 is 5.97 Å². The van der Waals surface area contributed by atoms with Crippen molar-refractivity contribution >= 4 is 30.2 Å². The van der Waals surface area contributed by atoms with Gasteiger partial charge in [-0.25, -0.2) is 4.79 Å². The van der Waals surface area contributed by atoms with Gasteiger partial charge in [0.05, 0.1) is 0 Å². The molecule has 0 saturated carbocycles. The average molecular weight is 293 g/mol. The monoisotopic (exact) mass is 292 g/mol. The lowest BCUT2D eigenvalue weighted by atomic mass is 10.2. The van der Waals surface area contributed by atoms with Crippen molar-refractivity contribution in [1.29, 1.82) is 0 Å². The molecule has 0 fully saturated rings. The van der Waals surface area contributed by atoms with E-state index in [1.54, 1.807) is 0 Å². The maximum atomic E-state index is 11.3. The van der Waals surface area contributed by atoms with E-state index in [9.17, 15) is 4.79 Å². The molecule has 1 unspecified atom stereocenters. The van der Waals surface area contributed by atoms with Crippen LogP contribution in [0, 0.1) is 0 Å². The van der Waals surface area contributed by atoms with Gasteiger partial charge in [0.15, 0.2) is 0 Å². The summed E-state index contributed by atoms with van der Waals surface area (Å²) in [6, 6.07) is 0. The first-order valence-electron chi connectivity index (χ1n) is 5.40. The molecule has 1 atom stereocenters. The predicted octanol–water partition coefficient (Wildman–Crippen LogP) is 3.87. The highest BCUT2D eigenvalue weighted by Gasteiger charge is 2.18. The molecule has 0 aliphatic carbocycles. The lowest BCUT2D eigenvalue weighted by Gasteiger charge is -2.15. The molecular formula is C11H21BrO2Si. The zero-order valence-electron chi connectivity index (χ0n) is 10.0. The van der Waals surface area contributed by atoms with Crippen LogP contribution in [0.4, 0.5) is 0 Å². The number of carbonyl (C=O) groups excluding carboxylic acids is 1. The van der Waals surface area contributed by atoms with Crippen molar-refractivity contribution < 1.29 is 9.22 Å². The highest BCUT2D eigenvalue weighted by Crippen LogP contribution is 2.11. The van der Waals surface area contributed by atoms with Crippen LogP contribution in [0.1, 0.15) is 26.2 Å². The summed E-state index contributed by atoms with van der Waals surface area (Å²) in [4.78, 5) is 11.6. The second kappa shape index (κ2) is 7.22. The van der Waals surface area contributed by atoms with Crippen LogP contribution in [0.2, 0.25) is 19.6 Å². The summed E-state index contributed by atoms with van der Waals surface area (Å²) >= 11 is 3.50. The van der Waals surface area contributed by atoms with Crippen molar-refractivity contribution in [3.8, 4) is 0 Å². The largest absolute Gasteiger partial charge is 0.517 e. The zero-order chi connectivity index (χ0) is 11.9. The summed E-state index contributed by atoms with van der Waals surface area (Å²) < 4.78 is 5.28. The summed E-state index contributed by atoms with van der Waals surface area (Å²) in [7, 11) is -1.73. The molecule has 0 aromatic rings. The molecule has 0 saturated heterocycles. The first-order valence-corrected chi connectivity index (χ1v) is 9.73. The Hall–Kier alpha value is -0.0931. The van der Waals surface area contributed by atoms with E-state index in [2.05, 4.69) is 22.9 Å². The predicted molar refractivity (Wildman–Crippen MR) is 70.8 cm³/mol. The van der Waals surface area contributed by atoms with Gasteiger partial charge in [0.1, 0.15) is 0 Å². The Balaban J connectivity index is 3.90. The van der Waals surface area contributed by atoms with E-state index >= 15 is 0 Å². The minimum atomic E-state index is -1.73. The first kappa shape index (κ1) is 14.9. The summed E-state index contributed by atoms with van der Waals surface area (Å²) in [6.07, 6.45) is 6.82. The van der Waals surface area contributed by atoms with E-state index in [0.717, 1.165) is 6.42 Å². The fourth-order valence-electron chi connectivity index (χ4n) is 1.01. The van der Waals surface area contributed by atoms with Crippen molar-refractivity contribution in [2.45, 2.75) is 50.7 Å². The van der Waals surface area contributed by atoms with E-state index in [4.69, 9.17) is 4.43 Å². The topological polar surface area (TPSA) is 26.3 Å². The molecular weight excluding hydrogens is 272 g/mol. The minimum absolute atomic E-state index is 0.213. The molecule has 0 aliphatic heterocycles. The first-order chi connectivity index (χ1) is 6.85. The molecule has 0 aliphatic rings. The van der Waals surface area contributed by atoms with Crippen LogP contribution >= 0.6 is 15.9 Å². The summed E-state index contributed by atoms with van der Waals surface area (Å²) in [5, 5.41) is 0. The number of halogens is 1. The van der Waals surface area contributed by atoms with Gasteiger partial charge in [-0.05, 0) is 26.1 Å². The highest BCUT2D eigenvalue weighted by molar-refractivity contribution is 9.09. The molecule has 0 radical (unpaired) electrons. The van der Waals surface area contributed by atoms with Crippen molar-refractivity contribution in [3.05, 3.63) is 12.2 Å². The van der Waals surface area contributed by atoms with E-state index < -0.39 is 8.32 Å². The third-order valence-corrected chi connectivity index (χ3v) is 3.26. The molecule has 4 heteroatoms. The third kappa shape index (κ3) is 10.2. The summed E-state index contributed by atoms with van der Waals surface area (Å²) in [5.41, 5.74) is 0. The fourth-order valence-corrected chi connectivity index (χ4v) is 2.16. The molecule has 88 valence electrons. The quantitative estimate of drug-likeness (QED) is 0.422. The second-order valence-electron chi connectivity index (χ2n) is 4.55. The van der Waals surface area contributed by atoms with Crippen LogP contribution in [0.15, 0.2) is 12.2 Å². The number of carbonyl (C=O) groups is 1. The van der Waals surface area contributed by atoms with Crippen LogP contribution in [-0.2, 0) is 9.22 Å². The SMILES string of the molecule is CCCCC(Br)/C=C/C(=O)O[Si](C)(C)C. The van der Waals surface area contributed by atoms with Crippen molar-refractivity contribution in [3.63, 3.8) is 0 Å². The molecule has 0 heterocycles. The Morgan fingerprint density at radius 3 is 2.53 bits per heavy atom. The minimum Gasteiger partial charge on any atom is -0.517 e. The number of allylic oxidation sites excluding steroid dienone is 1. The Kier molecular flexibility index (Phi) is 7.18. The van der Waals surface area contributed by atoms with E-state index in [1.807, 2.05) is 25.7 Å². The zero-order valence-corrected chi connectivity index (χ0v) is 12.6. The maximum absolute atomic E-state index is 11.3. The lowest BCUT2D eigenvalue weighted by molar-refractivity contribution is -0.129. The number of hydrogen-bond donors (Lipinski definition) is 0. The summed E-state index contributed by atoms with van der Waals surface area (Å²) in [6.45, 7) is 8.16. The molecule has 0 rings (SSSR count). The Labute approximate surface area is 102 Å². The van der Waals surface area contributed by atoms with E-state index in [1.165, 1.54) is 18.9 Å². The van der Waals surface area contributed by atoms with Crippen molar-refractivity contribution in [2.24, 2.45) is 0 Å².